The smallest absolute Gasteiger partial charge is 0.173 e. The molecular formula is C16H18N2O3. The highest BCUT2D eigenvalue weighted by Gasteiger charge is 2.11. The Bertz CT molecular complexity index is 626. The molecule has 21 heavy (non-hydrogen) atoms. The van der Waals surface area contributed by atoms with Gasteiger partial charge in [0.05, 0.1) is 12.2 Å². The summed E-state index contributed by atoms with van der Waals surface area (Å²) in [5, 5.41) is 11.8. The molecule has 5 heteroatoms. The molecule has 0 unspecified atom stereocenters. The summed E-state index contributed by atoms with van der Waals surface area (Å²) in [5.41, 5.74) is 6.17. The molecular weight excluding hydrogens is 268 g/mol. The zero-order valence-corrected chi connectivity index (χ0v) is 11.8. The van der Waals surface area contributed by atoms with Gasteiger partial charge in [-0.25, -0.2) is 0 Å². The van der Waals surface area contributed by atoms with Gasteiger partial charge in [-0.05, 0) is 30.7 Å². The first-order valence-corrected chi connectivity index (χ1v) is 6.73. The Morgan fingerprint density at radius 2 is 1.67 bits per heavy atom. The molecule has 110 valence electrons. The molecule has 0 atom stereocenters. The number of para-hydroxylation sites is 3. The van der Waals surface area contributed by atoms with Crippen LogP contribution in [-0.4, -0.2) is 17.6 Å². The van der Waals surface area contributed by atoms with Gasteiger partial charge in [0.15, 0.2) is 17.3 Å². The van der Waals surface area contributed by atoms with Gasteiger partial charge < -0.3 is 20.4 Å². The van der Waals surface area contributed by atoms with Gasteiger partial charge in [0.25, 0.3) is 0 Å². The minimum atomic E-state index is -0.00226. The van der Waals surface area contributed by atoms with E-state index >= 15 is 0 Å². The van der Waals surface area contributed by atoms with E-state index in [0.717, 1.165) is 6.42 Å². The molecule has 0 spiro atoms. The summed E-state index contributed by atoms with van der Waals surface area (Å²) < 4.78 is 11.5. The average Bonchev–Trinajstić information content (AvgIpc) is 2.54. The Kier molecular flexibility index (Phi) is 5.04. The fraction of sp³-hybridized carbons (Fsp3) is 0.188. The maximum Gasteiger partial charge on any atom is 0.173 e. The van der Waals surface area contributed by atoms with Crippen LogP contribution >= 0.6 is 0 Å². The highest BCUT2D eigenvalue weighted by Crippen LogP contribution is 2.32. The van der Waals surface area contributed by atoms with E-state index in [-0.39, 0.29) is 5.84 Å². The maximum absolute atomic E-state index is 8.83. The molecule has 0 amide bonds. The SMILES string of the molecule is CCCOc1ccccc1Oc1ccccc1/C(N)=N/O. The molecule has 0 saturated carbocycles. The molecule has 2 rings (SSSR count). The van der Waals surface area contributed by atoms with Crippen molar-refractivity contribution in [1.29, 1.82) is 0 Å². The highest BCUT2D eigenvalue weighted by atomic mass is 16.5. The van der Waals surface area contributed by atoms with Gasteiger partial charge in [0.1, 0.15) is 5.75 Å². The molecule has 0 bridgehead atoms. The normalized spacial score (nSPS) is 11.2. The second kappa shape index (κ2) is 7.19. The lowest BCUT2D eigenvalue weighted by Gasteiger charge is -2.14. The molecule has 0 heterocycles. The van der Waals surface area contributed by atoms with E-state index in [9.17, 15) is 0 Å². The third-order valence-electron chi connectivity index (χ3n) is 2.80. The van der Waals surface area contributed by atoms with Crippen LogP contribution in [0.2, 0.25) is 0 Å². The standard InChI is InChI=1S/C16H18N2O3/c1-2-11-20-14-9-5-6-10-15(14)21-13-8-4-3-7-12(13)16(17)18-19/h3-10,19H,2,11H2,1H3,(H2,17,18). The summed E-state index contributed by atoms with van der Waals surface area (Å²) in [5.74, 6) is 1.75. The topological polar surface area (TPSA) is 77.1 Å². The number of nitrogens with two attached hydrogens (primary N) is 1. The van der Waals surface area contributed by atoms with E-state index in [4.69, 9.17) is 20.4 Å². The lowest BCUT2D eigenvalue weighted by Crippen LogP contribution is -2.14. The summed E-state index contributed by atoms with van der Waals surface area (Å²) in [6.45, 7) is 2.65. The molecule has 5 nitrogen and oxygen atoms in total. The van der Waals surface area contributed by atoms with Crippen molar-refractivity contribution < 1.29 is 14.7 Å². The van der Waals surface area contributed by atoms with Crippen LogP contribution in [0.4, 0.5) is 0 Å². The number of hydrogen-bond donors (Lipinski definition) is 2. The second-order valence-electron chi connectivity index (χ2n) is 4.38. The Morgan fingerprint density at radius 1 is 1.05 bits per heavy atom. The number of benzene rings is 2. The van der Waals surface area contributed by atoms with E-state index < -0.39 is 0 Å². The van der Waals surface area contributed by atoms with E-state index in [0.29, 0.717) is 29.4 Å². The average molecular weight is 286 g/mol. The molecule has 3 N–H and O–H groups in total. The molecule has 2 aromatic carbocycles. The van der Waals surface area contributed by atoms with Crippen molar-refractivity contribution in [2.24, 2.45) is 10.9 Å². The lowest BCUT2D eigenvalue weighted by molar-refractivity contribution is 0.302. The van der Waals surface area contributed by atoms with E-state index in [1.54, 1.807) is 18.2 Å². The number of rotatable bonds is 6. The van der Waals surface area contributed by atoms with Gasteiger partial charge in [-0.15, -0.1) is 0 Å². The van der Waals surface area contributed by atoms with Crippen LogP contribution in [0, 0.1) is 0 Å². The second-order valence-corrected chi connectivity index (χ2v) is 4.38. The van der Waals surface area contributed by atoms with Gasteiger partial charge in [-0.3, -0.25) is 0 Å². The summed E-state index contributed by atoms with van der Waals surface area (Å²) in [4.78, 5) is 0. The molecule has 0 aliphatic rings. The van der Waals surface area contributed by atoms with Gasteiger partial charge in [-0.1, -0.05) is 36.3 Å². The fourth-order valence-electron chi connectivity index (χ4n) is 1.81. The monoisotopic (exact) mass is 286 g/mol. The summed E-state index contributed by atoms with van der Waals surface area (Å²) in [7, 11) is 0. The van der Waals surface area contributed by atoms with Crippen LogP contribution in [0.1, 0.15) is 18.9 Å². The third-order valence-corrected chi connectivity index (χ3v) is 2.80. The predicted octanol–water partition coefficient (Wildman–Crippen LogP) is 3.36. The first-order chi connectivity index (χ1) is 10.3. The number of oxime groups is 1. The Morgan fingerprint density at radius 3 is 2.33 bits per heavy atom. The first-order valence-electron chi connectivity index (χ1n) is 6.73. The van der Waals surface area contributed by atoms with Crippen molar-refractivity contribution in [3.8, 4) is 17.2 Å². The van der Waals surface area contributed by atoms with Crippen LogP contribution in [0.5, 0.6) is 17.2 Å². The van der Waals surface area contributed by atoms with E-state index in [1.165, 1.54) is 0 Å². The zero-order chi connectivity index (χ0) is 15.1. The molecule has 0 radical (unpaired) electrons. The minimum absolute atomic E-state index is 0.00226. The number of hydrogen-bond acceptors (Lipinski definition) is 4. The first kappa shape index (κ1) is 14.7. The summed E-state index contributed by atoms with van der Waals surface area (Å²) in [6, 6.07) is 14.5. The van der Waals surface area contributed by atoms with Gasteiger partial charge >= 0.3 is 0 Å². The van der Waals surface area contributed by atoms with Crippen LogP contribution in [0.3, 0.4) is 0 Å². The van der Waals surface area contributed by atoms with Gasteiger partial charge in [0, 0.05) is 0 Å². The van der Waals surface area contributed by atoms with Crippen molar-refractivity contribution in [3.05, 3.63) is 54.1 Å². The molecule has 0 aliphatic carbocycles. The van der Waals surface area contributed by atoms with Crippen molar-refractivity contribution in [1.82, 2.24) is 0 Å². The van der Waals surface area contributed by atoms with Crippen molar-refractivity contribution in [2.75, 3.05) is 6.61 Å². The number of ether oxygens (including phenoxy) is 2. The predicted molar refractivity (Wildman–Crippen MR) is 81.3 cm³/mol. The Labute approximate surface area is 123 Å². The Balaban J connectivity index is 2.31. The van der Waals surface area contributed by atoms with Crippen molar-refractivity contribution in [3.63, 3.8) is 0 Å². The van der Waals surface area contributed by atoms with Crippen molar-refractivity contribution >= 4 is 5.84 Å². The quantitative estimate of drug-likeness (QED) is 0.369. The molecule has 0 aliphatic heterocycles. The Hall–Kier alpha value is -2.69. The summed E-state index contributed by atoms with van der Waals surface area (Å²) in [6.07, 6.45) is 0.912. The van der Waals surface area contributed by atoms with Gasteiger partial charge in [0.2, 0.25) is 0 Å². The number of nitrogens with zero attached hydrogens (tertiary/aromatic N) is 1. The third kappa shape index (κ3) is 3.66. The van der Waals surface area contributed by atoms with Crippen molar-refractivity contribution in [2.45, 2.75) is 13.3 Å². The zero-order valence-electron chi connectivity index (χ0n) is 11.8. The highest BCUT2D eigenvalue weighted by molar-refractivity contribution is 5.99. The minimum Gasteiger partial charge on any atom is -0.490 e. The van der Waals surface area contributed by atoms with Gasteiger partial charge in [-0.2, -0.15) is 0 Å². The van der Waals surface area contributed by atoms with E-state index in [2.05, 4.69) is 5.16 Å². The lowest BCUT2D eigenvalue weighted by atomic mass is 10.2. The van der Waals surface area contributed by atoms with Crippen LogP contribution in [0.15, 0.2) is 53.7 Å². The number of amidine groups is 1. The summed E-state index contributed by atoms with van der Waals surface area (Å²) >= 11 is 0. The maximum atomic E-state index is 8.83. The largest absolute Gasteiger partial charge is 0.490 e. The molecule has 0 aromatic heterocycles. The molecule has 2 aromatic rings. The van der Waals surface area contributed by atoms with Crippen LogP contribution < -0.4 is 15.2 Å². The van der Waals surface area contributed by atoms with Crippen LogP contribution in [-0.2, 0) is 0 Å². The molecule has 0 fully saturated rings. The van der Waals surface area contributed by atoms with E-state index in [1.807, 2.05) is 37.3 Å². The molecule has 0 saturated heterocycles. The van der Waals surface area contributed by atoms with Crippen LogP contribution in [0.25, 0.3) is 0 Å². The fourth-order valence-corrected chi connectivity index (χ4v) is 1.81.